The zero-order valence-corrected chi connectivity index (χ0v) is 20.8. The van der Waals surface area contributed by atoms with Crippen LogP contribution < -0.4 is 0 Å². The Hall–Kier alpha value is -0.570. The van der Waals surface area contributed by atoms with Crippen molar-refractivity contribution in [1.82, 2.24) is 4.90 Å². The minimum absolute atomic E-state index is 0.0170. The number of hydrogen-bond donors (Lipinski definition) is 5. The number of aliphatic hydroxyl groups excluding tert-OH is 3. The van der Waals surface area contributed by atoms with Gasteiger partial charge in [-0.25, -0.2) is 0 Å². The van der Waals surface area contributed by atoms with E-state index in [0.29, 0.717) is 31.6 Å². The maximum atomic E-state index is 13.4. The molecular weight excluding hydrogens is 434 g/mol. The molecular formula is C27H43NO6. The molecule has 7 nitrogen and oxygen atoms in total. The highest BCUT2D eigenvalue weighted by molar-refractivity contribution is 5.88. The average Bonchev–Trinajstić information content (AvgIpc) is 3.06. The predicted molar refractivity (Wildman–Crippen MR) is 124 cm³/mol. The van der Waals surface area contributed by atoms with Gasteiger partial charge in [-0.2, -0.15) is 0 Å². The second-order valence-corrected chi connectivity index (χ2v) is 13.6. The molecule has 2 saturated heterocycles. The minimum Gasteiger partial charge on any atom is -0.393 e. The summed E-state index contributed by atoms with van der Waals surface area (Å²) in [6.45, 7) is 7.90. The highest BCUT2D eigenvalue weighted by atomic mass is 16.3. The van der Waals surface area contributed by atoms with Crippen molar-refractivity contribution in [3.63, 3.8) is 0 Å². The molecule has 7 heteroatoms. The van der Waals surface area contributed by atoms with E-state index in [-0.39, 0.29) is 47.3 Å². The molecule has 2 heterocycles. The number of aliphatic hydroxyl groups is 5. The Bertz CT molecular complexity index is 864. The molecule has 0 spiro atoms. The van der Waals surface area contributed by atoms with E-state index >= 15 is 0 Å². The van der Waals surface area contributed by atoms with Gasteiger partial charge in [-0.1, -0.05) is 13.8 Å². The first-order valence-corrected chi connectivity index (χ1v) is 13.7. The third-order valence-corrected chi connectivity index (χ3v) is 11.9. The molecule has 5 N–H and O–H groups in total. The van der Waals surface area contributed by atoms with E-state index in [1.807, 2.05) is 6.92 Å². The van der Waals surface area contributed by atoms with Crippen molar-refractivity contribution in [2.45, 2.75) is 101 Å². The summed E-state index contributed by atoms with van der Waals surface area (Å²) in [5.41, 5.74) is -2.74. The quantitative estimate of drug-likeness (QED) is 0.352. The van der Waals surface area contributed by atoms with Gasteiger partial charge in [0.05, 0.1) is 23.4 Å². The van der Waals surface area contributed by atoms with Crippen molar-refractivity contribution in [3.05, 3.63) is 0 Å². The highest BCUT2D eigenvalue weighted by Gasteiger charge is 2.73. The van der Waals surface area contributed by atoms with Gasteiger partial charge in [0, 0.05) is 43.3 Å². The molecule has 192 valence electrons. The average molecular weight is 478 g/mol. The van der Waals surface area contributed by atoms with E-state index < -0.39 is 41.3 Å². The first-order chi connectivity index (χ1) is 15.9. The second kappa shape index (κ2) is 7.48. The van der Waals surface area contributed by atoms with Crippen LogP contribution in [-0.4, -0.2) is 84.9 Å². The van der Waals surface area contributed by atoms with Crippen LogP contribution in [0.3, 0.4) is 0 Å². The van der Waals surface area contributed by atoms with Crippen molar-refractivity contribution < 1.29 is 30.3 Å². The second-order valence-electron chi connectivity index (χ2n) is 13.6. The van der Waals surface area contributed by atoms with Crippen molar-refractivity contribution in [2.75, 3.05) is 13.1 Å². The number of Topliss-reactive ketones (excluding diaryl/α,β-unsaturated/α-hetero) is 1. The molecule has 6 rings (SSSR count). The van der Waals surface area contributed by atoms with E-state index in [1.54, 1.807) is 0 Å². The van der Waals surface area contributed by atoms with Crippen LogP contribution in [0.4, 0.5) is 0 Å². The van der Waals surface area contributed by atoms with Crippen LogP contribution in [0.25, 0.3) is 0 Å². The van der Waals surface area contributed by atoms with Crippen molar-refractivity contribution in [2.24, 2.45) is 46.8 Å². The highest BCUT2D eigenvalue weighted by Crippen LogP contribution is 2.68. The number of rotatable bonds is 0. The Balaban J connectivity index is 1.40. The lowest BCUT2D eigenvalue weighted by Crippen LogP contribution is -2.72. The lowest BCUT2D eigenvalue weighted by molar-refractivity contribution is -0.244. The van der Waals surface area contributed by atoms with Gasteiger partial charge in [0.25, 0.3) is 0 Å². The zero-order valence-electron chi connectivity index (χ0n) is 20.8. The molecule has 6 aliphatic rings. The summed E-state index contributed by atoms with van der Waals surface area (Å²) < 4.78 is 0. The van der Waals surface area contributed by atoms with Crippen LogP contribution in [0.5, 0.6) is 0 Å². The van der Waals surface area contributed by atoms with Gasteiger partial charge < -0.3 is 25.5 Å². The maximum Gasteiger partial charge on any atom is 0.165 e. The van der Waals surface area contributed by atoms with Gasteiger partial charge in [-0.05, 0) is 74.5 Å². The fourth-order valence-electron chi connectivity index (χ4n) is 10.5. The van der Waals surface area contributed by atoms with E-state index in [0.717, 1.165) is 25.9 Å². The number of carbonyl (C=O) groups excluding carboxylic acids is 1. The van der Waals surface area contributed by atoms with Crippen LogP contribution in [-0.2, 0) is 4.79 Å². The Kier molecular flexibility index (Phi) is 5.24. The number of ketones is 1. The van der Waals surface area contributed by atoms with Crippen LogP contribution >= 0.6 is 0 Å². The van der Waals surface area contributed by atoms with E-state index in [2.05, 4.69) is 18.7 Å². The third-order valence-electron chi connectivity index (χ3n) is 11.9. The molecule has 0 radical (unpaired) electrons. The van der Waals surface area contributed by atoms with Gasteiger partial charge in [-0.3, -0.25) is 9.69 Å². The monoisotopic (exact) mass is 477 g/mol. The lowest BCUT2D eigenvalue weighted by Gasteiger charge is -2.62. The van der Waals surface area contributed by atoms with E-state index in [9.17, 15) is 30.3 Å². The summed E-state index contributed by atoms with van der Waals surface area (Å²) >= 11 is 0. The number of piperidine rings is 2. The van der Waals surface area contributed by atoms with Crippen LogP contribution in [0.15, 0.2) is 0 Å². The third kappa shape index (κ3) is 2.94. The van der Waals surface area contributed by atoms with Gasteiger partial charge in [0.2, 0.25) is 0 Å². The fraction of sp³-hybridized carbons (Fsp3) is 0.963. The zero-order chi connectivity index (χ0) is 24.4. The summed E-state index contributed by atoms with van der Waals surface area (Å²) in [4.78, 5) is 15.8. The molecule has 0 aromatic heterocycles. The fourth-order valence-corrected chi connectivity index (χ4v) is 10.5. The standard InChI is InChI=1S/C27H43NO6/c1-13-4-5-20-26(3,33)21-15(12-28(20)11-13)16-9-17-22(27(16,34)10-19(21)30)24(32)23(31)18-8-14(29)6-7-25(17,18)2/h13-22,24,29-30,32-34H,4-12H2,1-3H3. The van der Waals surface area contributed by atoms with E-state index in [1.165, 1.54) is 0 Å². The Labute approximate surface area is 202 Å². The van der Waals surface area contributed by atoms with Crippen molar-refractivity contribution >= 4 is 5.78 Å². The van der Waals surface area contributed by atoms with E-state index in [4.69, 9.17) is 0 Å². The Morgan fingerprint density at radius 2 is 1.68 bits per heavy atom. The molecule has 14 atom stereocenters. The smallest absolute Gasteiger partial charge is 0.165 e. The number of nitrogens with zero attached hydrogens (tertiary/aromatic N) is 1. The Morgan fingerprint density at radius 3 is 2.41 bits per heavy atom. The molecule has 0 bridgehead atoms. The molecule has 6 fully saturated rings. The molecule has 4 aliphatic carbocycles. The lowest BCUT2D eigenvalue weighted by atomic mass is 9.50. The number of fused-ring (bicyclic) bond motifs is 8. The molecule has 0 aromatic carbocycles. The predicted octanol–water partition coefficient (Wildman–Crippen LogP) is 0.943. The van der Waals surface area contributed by atoms with Gasteiger partial charge in [0.1, 0.15) is 6.10 Å². The minimum atomic E-state index is -1.32. The van der Waals surface area contributed by atoms with Gasteiger partial charge >= 0.3 is 0 Å². The molecule has 4 saturated carbocycles. The Morgan fingerprint density at radius 1 is 0.941 bits per heavy atom. The molecule has 2 aliphatic heterocycles. The molecule has 14 unspecified atom stereocenters. The van der Waals surface area contributed by atoms with Crippen LogP contribution in [0.2, 0.25) is 0 Å². The largest absolute Gasteiger partial charge is 0.393 e. The van der Waals surface area contributed by atoms with Gasteiger partial charge in [-0.15, -0.1) is 0 Å². The van der Waals surface area contributed by atoms with Gasteiger partial charge in [0.15, 0.2) is 5.78 Å². The maximum absolute atomic E-state index is 13.4. The number of carbonyl (C=O) groups is 1. The topological polar surface area (TPSA) is 121 Å². The SMILES string of the molecule is CC1CCC2N(C1)CC1C(C(O)CC3(O)C1CC1C3C(O)C(=O)C3CC(O)CCC31C)C2(C)O. The summed E-state index contributed by atoms with van der Waals surface area (Å²) in [7, 11) is 0. The molecule has 0 aromatic rings. The summed E-state index contributed by atoms with van der Waals surface area (Å²) in [6, 6.07) is 0.0170. The van der Waals surface area contributed by atoms with Crippen LogP contribution in [0, 0.1) is 46.8 Å². The summed E-state index contributed by atoms with van der Waals surface area (Å²) in [5, 5.41) is 57.1. The first kappa shape index (κ1) is 23.8. The molecule has 0 amide bonds. The van der Waals surface area contributed by atoms with Crippen molar-refractivity contribution in [1.29, 1.82) is 0 Å². The summed E-state index contributed by atoms with van der Waals surface area (Å²) in [5.74, 6) is -1.30. The first-order valence-electron chi connectivity index (χ1n) is 13.7. The number of hydrogen-bond acceptors (Lipinski definition) is 7. The van der Waals surface area contributed by atoms with Crippen LogP contribution in [0.1, 0.15) is 65.7 Å². The summed E-state index contributed by atoms with van der Waals surface area (Å²) in [6.07, 6.45) is 1.87. The van der Waals surface area contributed by atoms with Crippen molar-refractivity contribution in [3.8, 4) is 0 Å². The normalized spacial score (nSPS) is 61.6. The molecule has 34 heavy (non-hydrogen) atoms.